The van der Waals surface area contributed by atoms with Crippen LogP contribution in [-0.2, 0) is 0 Å². The van der Waals surface area contributed by atoms with Gasteiger partial charge in [-0.15, -0.1) is 0 Å². The second kappa shape index (κ2) is 5.13. The van der Waals surface area contributed by atoms with Crippen molar-refractivity contribution >= 4 is 16.8 Å². The molecule has 0 radical (unpaired) electrons. The molecule has 100 valence electrons. The SMILES string of the molecule is Cc1[nH]c2cccnc2c1C(=O)CN1CCCCC1. The van der Waals surface area contributed by atoms with Crippen molar-refractivity contribution in [2.75, 3.05) is 19.6 Å². The second-order valence-corrected chi connectivity index (χ2v) is 5.28. The van der Waals surface area contributed by atoms with Crippen LogP contribution >= 0.6 is 0 Å². The average Bonchev–Trinajstić information content (AvgIpc) is 2.75. The highest BCUT2D eigenvalue weighted by molar-refractivity contribution is 6.08. The number of Topliss-reactive ketones (excluding diaryl/α,β-unsaturated/α-hetero) is 1. The van der Waals surface area contributed by atoms with E-state index in [1.165, 1.54) is 19.3 Å². The predicted octanol–water partition coefficient (Wildman–Crippen LogP) is 2.54. The van der Waals surface area contributed by atoms with E-state index >= 15 is 0 Å². The Labute approximate surface area is 112 Å². The Morgan fingerprint density at radius 2 is 2.16 bits per heavy atom. The summed E-state index contributed by atoms with van der Waals surface area (Å²) in [6.07, 6.45) is 5.45. The van der Waals surface area contributed by atoms with Gasteiger partial charge in [0.1, 0.15) is 0 Å². The van der Waals surface area contributed by atoms with Gasteiger partial charge in [0.2, 0.25) is 0 Å². The van der Waals surface area contributed by atoms with Crippen molar-refractivity contribution in [3.63, 3.8) is 0 Å². The minimum atomic E-state index is 0.185. The van der Waals surface area contributed by atoms with Crippen LogP contribution in [0.2, 0.25) is 0 Å². The van der Waals surface area contributed by atoms with E-state index in [-0.39, 0.29) is 5.78 Å². The second-order valence-electron chi connectivity index (χ2n) is 5.28. The van der Waals surface area contributed by atoms with Gasteiger partial charge in [-0.3, -0.25) is 14.7 Å². The Balaban J connectivity index is 1.86. The van der Waals surface area contributed by atoms with Gasteiger partial charge in [-0.05, 0) is 45.0 Å². The summed E-state index contributed by atoms with van der Waals surface area (Å²) in [5, 5.41) is 0. The number of ketones is 1. The number of H-pyrrole nitrogens is 1. The smallest absolute Gasteiger partial charge is 0.180 e. The monoisotopic (exact) mass is 257 g/mol. The molecule has 4 heteroatoms. The van der Waals surface area contributed by atoms with Crippen LogP contribution in [0.3, 0.4) is 0 Å². The minimum Gasteiger partial charge on any atom is -0.357 e. The van der Waals surface area contributed by atoms with Gasteiger partial charge in [0.15, 0.2) is 5.78 Å². The van der Waals surface area contributed by atoms with Crippen LogP contribution in [0.4, 0.5) is 0 Å². The standard InChI is InChI=1S/C15H19N3O/c1-11-14(15-12(17-11)6-5-7-16-15)13(19)10-18-8-3-2-4-9-18/h5-7,17H,2-4,8-10H2,1H3. The fraction of sp³-hybridized carbons (Fsp3) is 0.467. The molecule has 0 unspecified atom stereocenters. The van der Waals surface area contributed by atoms with Crippen molar-refractivity contribution in [3.8, 4) is 0 Å². The van der Waals surface area contributed by atoms with Crippen LogP contribution in [0, 0.1) is 6.92 Å². The van der Waals surface area contributed by atoms with Gasteiger partial charge >= 0.3 is 0 Å². The van der Waals surface area contributed by atoms with Gasteiger partial charge in [0, 0.05) is 11.9 Å². The Morgan fingerprint density at radius 3 is 2.95 bits per heavy atom. The fourth-order valence-electron chi connectivity index (χ4n) is 2.89. The number of carbonyl (C=O) groups is 1. The molecule has 0 aliphatic carbocycles. The summed E-state index contributed by atoms with van der Waals surface area (Å²) in [4.78, 5) is 22.4. The van der Waals surface area contributed by atoms with Crippen molar-refractivity contribution in [3.05, 3.63) is 29.6 Å². The topological polar surface area (TPSA) is 49.0 Å². The van der Waals surface area contributed by atoms with E-state index in [1.807, 2.05) is 19.1 Å². The summed E-state index contributed by atoms with van der Waals surface area (Å²) >= 11 is 0. The van der Waals surface area contributed by atoms with Crippen molar-refractivity contribution in [1.29, 1.82) is 0 Å². The van der Waals surface area contributed by atoms with Gasteiger partial charge in [0.25, 0.3) is 0 Å². The number of aryl methyl sites for hydroxylation is 1. The first-order valence-electron chi connectivity index (χ1n) is 6.94. The number of pyridine rings is 1. The molecular formula is C15H19N3O. The molecule has 0 aromatic carbocycles. The molecule has 0 amide bonds. The van der Waals surface area contributed by atoms with Gasteiger partial charge in [-0.25, -0.2) is 0 Å². The third-order valence-electron chi connectivity index (χ3n) is 3.84. The number of nitrogens with zero attached hydrogens (tertiary/aromatic N) is 2. The first-order chi connectivity index (χ1) is 9.25. The number of rotatable bonds is 3. The van der Waals surface area contributed by atoms with Crippen LogP contribution in [-0.4, -0.2) is 40.3 Å². The number of carbonyl (C=O) groups excluding carboxylic acids is 1. The molecule has 2 aromatic rings. The quantitative estimate of drug-likeness (QED) is 0.860. The summed E-state index contributed by atoms with van der Waals surface area (Å²) in [6.45, 7) is 4.55. The average molecular weight is 257 g/mol. The van der Waals surface area contributed by atoms with E-state index in [4.69, 9.17) is 0 Å². The first-order valence-corrected chi connectivity index (χ1v) is 6.94. The molecule has 1 fully saturated rings. The largest absolute Gasteiger partial charge is 0.357 e. The summed E-state index contributed by atoms with van der Waals surface area (Å²) in [5.74, 6) is 0.185. The number of hydrogen-bond donors (Lipinski definition) is 1. The molecule has 0 saturated carbocycles. The summed E-state index contributed by atoms with van der Waals surface area (Å²) in [7, 11) is 0. The Bertz CT molecular complexity index is 596. The highest BCUT2D eigenvalue weighted by Gasteiger charge is 2.20. The van der Waals surface area contributed by atoms with Gasteiger partial charge < -0.3 is 4.98 Å². The molecule has 1 aliphatic heterocycles. The number of fused-ring (bicyclic) bond motifs is 1. The number of piperidine rings is 1. The molecule has 0 atom stereocenters. The number of aromatic nitrogens is 2. The molecule has 19 heavy (non-hydrogen) atoms. The molecule has 0 spiro atoms. The molecule has 2 aromatic heterocycles. The molecule has 3 heterocycles. The Morgan fingerprint density at radius 1 is 1.37 bits per heavy atom. The number of aromatic amines is 1. The van der Waals surface area contributed by atoms with E-state index in [9.17, 15) is 4.79 Å². The maximum Gasteiger partial charge on any atom is 0.180 e. The molecular weight excluding hydrogens is 238 g/mol. The Kier molecular flexibility index (Phi) is 3.34. The van der Waals surface area contributed by atoms with E-state index in [0.717, 1.165) is 35.4 Å². The van der Waals surface area contributed by atoms with Crippen molar-refractivity contribution < 1.29 is 4.79 Å². The minimum absolute atomic E-state index is 0.185. The number of likely N-dealkylation sites (tertiary alicyclic amines) is 1. The Hall–Kier alpha value is -1.68. The van der Waals surface area contributed by atoms with Gasteiger partial charge in [0.05, 0.1) is 23.1 Å². The fourth-order valence-corrected chi connectivity index (χ4v) is 2.89. The predicted molar refractivity (Wildman–Crippen MR) is 75.5 cm³/mol. The van der Waals surface area contributed by atoms with E-state index < -0.39 is 0 Å². The maximum atomic E-state index is 12.5. The molecule has 1 aliphatic rings. The third kappa shape index (κ3) is 2.40. The molecule has 1 N–H and O–H groups in total. The zero-order valence-electron chi connectivity index (χ0n) is 11.3. The lowest BCUT2D eigenvalue weighted by molar-refractivity contribution is 0.0916. The van der Waals surface area contributed by atoms with Crippen LogP contribution < -0.4 is 0 Å². The number of nitrogens with one attached hydrogen (secondary N) is 1. The van der Waals surface area contributed by atoms with E-state index in [2.05, 4.69) is 14.9 Å². The third-order valence-corrected chi connectivity index (χ3v) is 3.84. The maximum absolute atomic E-state index is 12.5. The number of hydrogen-bond acceptors (Lipinski definition) is 3. The van der Waals surface area contributed by atoms with Crippen LogP contribution in [0.5, 0.6) is 0 Å². The summed E-state index contributed by atoms with van der Waals surface area (Å²) < 4.78 is 0. The van der Waals surface area contributed by atoms with Crippen LogP contribution in [0.1, 0.15) is 35.3 Å². The van der Waals surface area contributed by atoms with Crippen LogP contribution in [0.25, 0.3) is 11.0 Å². The lowest BCUT2D eigenvalue weighted by Crippen LogP contribution is -2.34. The highest BCUT2D eigenvalue weighted by atomic mass is 16.1. The van der Waals surface area contributed by atoms with Gasteiger partial charge in [-0.1, -0.05) is 6.42 Å². The lowest BCUT2D eigenvalue weighted by Gasteiger charge is -2.25. The molecule has 4 nitrogen and oxygen atoms in total. The molecule has 3 rings (SSSR count). The molecule has 1 saturated heterocycles. The summed E-state index contributed by atoms with van der Waals surface area (Å²) in [6, 6.07) is 3.85. The normalized spacial score (nSPS) is 16.9. The zero-order valence-corrected chi connectivity index (χ0v) is 11.3. The zero-order chi connectivity index (χ0) is 13.2. The molecule has 0 bridgehead atoms. The van der Waals surface area contributed by atoms with Gasteiger partial charge in [-0.2, -0.15) is 0 Å². The first kappa shape index (κ1) is 12.4. The summed E-state index contributed by atoms with van der Waals surface area (Å²) in [5.41, 5.74) is 3.45. The highest BCUT2D eigenvalue weighted by Crippen LogP contribution is 2.21. The van der Waals surface area contributed by atoms with Crippen molar-refractivity contribution in [2.24, 2.45) is 0 Å². The lowest BCUT2D eigenvalue weighted by atomic mass is 10.1. The van der Waals surface area contributed by atoms with Crippen molar-refractivity contribution in [1.82, 2.24) is 14.9 Å². The van der Waals surface area contributed by atoms with Crippen molar-refractivity contribution in [2.45, 2.75) is 26.2 Å². The van der Waals surface area contributed by atoms with E-state index in [1.54, 1.807) is 6.20 Å². The van der Waals surface area contributed by atoms with Crippen LogP contribution in [0.15, 0.2) is 18.3 Å². The van der Waals surface area contributed by atoms with E-state index in [0.29, 0.717) is 6.54 Å².